The first-order chi connectivity index (χ1) is 10.8. The molecule has 0 radical (unpaired) electrons. The first kappa shape index (κ1) is 13.9. The van der Waals surface area contributed by atoms with Crippen molar-refractivity contribution in [3.63, 3.8) is 0 Å². The molecule has 0 aliphatic rings. The van der Waals surface area contributed by atoms with Crippen molar-refractivity contribution in [1.82, 2.24) is 9.97 Å². The number of nitrogens with zero attached hydrogens (tertiary/aromatic N) is 1. The zero-order chi connectivity index (χ0) is 15.4. The predicted octanol–water partition coefficient (Wildman–Crippen LogP) is 3.19. The zero-order valence-corrected chi connectivity index (χ0v) is 12.0. The Labute approximate surface area is 127 Å². The number of aromatic nitrogens is 2. The molecule has 0 saturated carbocycles. The lowest BCUT2D eigenvalue weighted by molar-refractivity contribution is 0.417. The SMILES string of the molecule is COc1ccccc1Nc1nc(-c2ccccc2)cc(=O)[nH]1. The number of hydrogen-bond donors (Lipinski definition) is 2. The molecule has 3 rings (SSSR count). The van der Waals surface area contributed by atoms with Gasteiger partial charge in [-0.15, -0.1) is 0 Å². The van der Waals surface area contributed by atoms with Crippen LogP contribution in [0.3, 0.4) is 0 Å². The van der Waals surface area contributed by atoms with Gasteiger partial charge in [0.15, 0.2) is 0 Å². The normalized spacial score (nSPS) is 10.2. The molecule has 0 amide bonds. The van der Waals surface area contributed by atoms with Crippen LogP contribution in [0.5, 0.6) is 5.75 Å². The van der Waals surface area contributed by atoms with E-state index in [4.69, 9.17) is 4.74 Å². The van der Waals surface area contributed by atoms with Gasteiger partial charge in [-0.2, -0.15) is 0 Å². The van der Waals surface area contributed by atoms with Gasteiger partial charge in [-0.3, -0.25) is 9.78 Å². The molecular weight excluding hydrogens is 278 g/mol. The van der Waals surface area contributed by atoms with Crippen LogP contribution in [0.15, 0.2) is 65.5 Å². The lowest BCUT2D eigenvalue weighted by Gasteiger charge is -2.10. The number of anilines is 2. The van der Waals surface area contributed by atoms with Gasteiger partial charge in [-0.1, -0.05) is 42.5 Å². The summed E-state index contributed by atoms with van der Waals surface area (Å²) in [4.78, 5) is 19.0. The summed E-state index contributed by atoms with van der Waals surface area (Å²) in [7, 11) is 1.59. The lowest BCUT2D eigenvalue weighted by atomic mass is 10.1. The topological polar surface area (TPSA) is 67.0 Å². The molecule has 0 aliphatic heterocycles. The van der Waals surface area contributed by atoms with Crippen LogP contribution in [0.1, 0.15) is 0 Å². The van der Waals surface area contributed by atoms with Crippen molar-refractivity contribution in [3.8, 4) is 17.0 Å². The molecule has 0 fully saturated rings. The summed E-state index contributed by atoms with van der Waals surface area (Å²) in [5, 5.41) is 3.08. The van der Waals surface area contributed by atoms with E-state index in [1.807, 2.05) is 54.6 Å². The zero-order valence-electron chi connectivity index (χ0n) is 12.0. The van der Waals surface area contributed by atoms with Crippen molar-refractivity contribution >= 4 is 11.6 Å². The molecule has 22 heavy (non-hydrogen) atoms. The van der Waals surface area contributed by atoms with Gasteiger partial charge in [0.05, 0.1) is 18.5 Å². The average Bonchev–Trinajstić information content (AvgIpc) is 2.56. The van der Waals surface area contributed by atoms with E-state index in [9.17, 15) is 4.79 Å². The van der Waals surface area contributed by atoms with Gasteiger partial charge in [0.1, 0.15) is 5.75 Å². The van der Waals surface area contributed by atoms with Gasteiger partial charge in [-0.05, 0) is 12.1 Å². The Kier molecular flexibility index (Phi) is 3.87. The van der Waals surface area contributed by atoms with E-state index in [2.05, 4.69) is 15.3 Å². The molecule has 2 N–H and O–H groups in total. The van der Waals surface area contributed by atoms with Gasteiger partial charge < -0.3 is 10.1 Å². The van der Waals surface area contributed by atoms with Crippen LogP contribution < -0.4 is 15.6 Å². The van der Waals surface area contributed by atoms with E-state index < -0.39 is 0 Å². The van der Waals surface area contributed by atoms with Crippen molar-refractivity contribution in [3.05, 3.63) is 71.0 Å². The Morgan fingerprint density at radius 3 is 2.55 bits per heavy atom. The second kappa shape index (κ2) is 6.13. The van der Waals surface area contributed by atoms with Crippen molar-refractivity contribution in [2.45, 2.75) is 0 Å². The summed E-state index contributed by atoms with van der Waals surface area (Å²) in [6.45, 7) is 0. The number of H-pyrrole nitrogens is 1. The highest BCUT2D eigenvalue weighted by Crippen LogP contribution is 2.25. The van der Waals surface area contributed by atoms with Crippen molar-refractivity contribution in [1.29, 1.82) is 0 Å². The largest absolute Gasteiger partial charge is 0.495 e. The molecule has 1 aromatic heterocycles. The monoisotopic (exact) mass is 293 g/mol. The fourth-order valence-electron chi connectivity index (χ4n) is 2.15. The van der Waals surface area contributed by atoms with Gasteiger partial charge in [0.2, 0.25) is 5.95 Å². The summed E-state index contributed by atoms with van der Waals surface area (Å²) in [6, 6.07) is 18.5. The Morgan fingerprint density at radius 1 is 1.05 bits per heavy atom. The molecule has 0 saturated heterocycles. The van der Waals surface area contributed by atoms with Crippen molar-refractivity contribution in [2.24, 2.45) is 0 Å². The van der Waals surface area contributed by atoms with E-state index in [1.165, 1.54) is 6.07 Å². The molecule has 0 bridgehead atoms. The third-order valence-electron chi connectivity index (χ3n) is 3.17. The second-order valence-corrected chi connectivity index (χ2v) is 4.67. The first-order valence-electron chi connectivity index (χ1n) is 6.83. The number of ether oxygens (including phenoxy) is 1. The van der Waals surface area contributed by atoms with Crippen LogP contribution in [0.2, 0.25) is 0 Å². The van der Waals surface area contributed by atoms with Crippen molar-refractivity contribution in [2.75, 3.05) is 12.4 Å². The minimum atomic E-state index is -0.216. The summed E-state index contributed by atoms with van der Waals surface area (Å²) < 4.78 is 5.28. The predicted molar refractivity (Wildman–Crippen MR) is 86.6 cm³/mol. The van der Waals surface area contributed by atoms with E-state index in [0.29, 0.717) is 17.4 Å². The van der Waals surface area contributed by atoms with Crippen LogP contribution in [0, 0.1) is 0 Å². The van der Waals surface area contributed by atoms with Crippen LogP contribution in [0.25, 0.3) is 11.3 Å². The fourth-order valence-corrected chi connectivity index (χ4v) is 2.15. The molecule has 0 unspecified atom stereocenters. The summed E-state index contributed by atoms with van der Waals surface area (Å²) in [6.07, 6.45) is 0. The number of rotatable bonds is 4. The number of hydrogen-bond acceptors (Lipinski definition) is 4. The van der Waals surface area contributed by atoms with Gasteiger partial charge >= 0.3 is 0 Å². The third-order valence-corrected chi connectivity index (χ3v) is 3.17. The molecule has 2 aromatic carbocycles. The molecule has 5 heteroatoms. The van der Waals surface area contributed by atoms with Gasteiger partial charge in [0, 0.05) is 11.6 Å². The molecule has 1 heterocycles. The molecular formula is C17H15N3O2. The fraction of sp³-hybridized carbons (Fsp3) is 0.0588. The average molecular weight is 293 g/mol. The van der Waals surface area contributed by atoms with Crippen LogP contribution in [-0.4, -0.2) is 17.1 Å². The minimum Gasteiger partial charge on any atom is -0.495 e. The summed E-state index contributed by atoms with van der Waals surface area (Å²) in [5.74, 6) is 1.05. The van der Waals surface area contributed by atoms with Crippen LogP contribution in [-0.2, 0) is 0 Å². The number of nitrogens with one attached hydrogen (secondary N) is 2. The summed E-state index contributed by atoms with van der Waals surface area (Å²) in [5.41, 5.74) is 2.02. The van der Waals surface area contributed by atoms with Gasteiger partial charge in [-0.25, -0.2) is 4.98 Å². The molecule has 0 atom stereocenters. The Hall–Kier alpha value is -3.08. The number of benzene rings is 2. The lowest BCUT2D eigenvalue weighted by Crippen LogP contribution is -2.10. The molecule has 3 aromatic rings. The van der Waals surface area contributed by atoms with Gasteiger partial charge in [0.25, 0.3) is 5.56 Å². The van der Waals surface area contributed by atoms with E-state index in [0.717, 1.165) is 11.3 Å². The molecule has 5 nitrogen and oxygen atoms in total. The number of para-hydroxylation sites is 2. The number of aromatic amines is 1. The Morgan fingerprint density at radius 2 is 1.77 bits per heavy atom. The minimum absolute atomic E-state index is 0.216. The maximum atomic E-state index is 11.9. The highest BCUT2D eigenvalue weighted by Gasteiger charge is 2.06. The third kappa shape index (κ3) is 2.98. The maximum Gasteiger partial charge on any atom is 0.252 e. The second-order valence-electron chi connectivity index (χ2n) is 4.67. The standard InChI is InChI=1S/C17H15N3O2/c1-22-15-10-6-5-9-13(15)18-17-19-14(11-16(21)20-17)12-7-3-2-4-8-12/h2-11H,1H3,(H2,18,19,20,21). The van der Waals surface area contributed by atoms with Crippen LogP contribution >= 0.6 is 0 Å². The molecule has 0 aliphatic carbocycles. The quantitative estimate of drug-likeness (QED) is 0.775. The molecule has 110 valence electrons. The number of methoxy groups -OCH3 is 1. The van der Waals surface area contributed by atoms with E-state index >= 15 is 0 Å². The van der Waals surface area contributed by atoms with E-state index in [1.54, 1.807) is 7.11 Å². The maximum absolute atomic E-state index is 11.9. The Balaban J connectivity index is 1.98. The Bertz CT molecular complexity index is 829. The highest BCUT2D eigenvalue weighted by atomic mass is 16.5. The van der Waals surface area contributed by atoms with E-state index in [-0.39, 0.29) is 5.56 Å². The van der Waals surface area contributed by atoms with Crippen LogP contribution in [0.4, 0.5) is 11.6 Å². The van der Waals surface area contributed by atoms with Crippen molar-refractivity contribution < 1.29 is 4.74 Å². The molecule has 0 spiro atoms. The first-order valence-corrected chi connectivity index (χ1v) is 6.83. The summed E-state index contributed by atoms with van der Waals surface area (Å²) >= 11 is 0. The smallest absolute Gasteiger partial charge is 0.252 e. The highest BCUT2D eigenvalue weighted by molar-refractivity contribution is 5.65.